The van der Waals surface area contributed by atoms with Gasteiger partial charge in [0.25, 0.3) is 0 Å². The predicted octanol–water partition coefficient (Wildman–Crippen LogP) is 3.38. The van der Waals surface area contributed by atoms with E-state index >= 15 is 0 Å². The first-order valence-electron chi connectivity index (χ1n) is 8.66. The largest absolute Gasteiger partial charge is 0.381 e. The quantitative estimate of drug-likeness (QED) is 0.810. The summed E-state index contributed by atoms with van der Waals surface area (Å²) in [6, 6.07) is 0.656. The third-order valence-electron chi connectivity index (χ3n) is 5.24. The molecule has 2 saturated heterocycles. The summed E-state index contributed by atoms with van der Waals surface area (Å²) in [6.45, 7) is 10.7. The van der Waals surface area contributed by atoms with Crippen LogP contribution in [0.3, 0.4) is 0 Å². The van der Waals surface area contributed by atoms with Gasteiger partial charge in [0, 0.05) is 25.9 Å². The first-order valence-corrected chi connectivity index (χ1v) is 8.66. The van der Waals surface area contributed by atoms with Gasteiger partial charge in [-0.05, 0) is 50.5 Å². The van der Waals surface area contributed by atoms with Crippen molar-refractivity contribution in [3.05, 3.63) is 0 Å². The zero-order valence-corrected chi connectivity index (χ0v) is 13.6. The predicted molar refractivity (Wildman–Crippen MR) is 83.0 cm³/mol. The van der Waals surface area contributed by atoms with Gasteiger partial charge in [0.05, 0.1) is 5.60 Å². The van der Waals surface area contributed by atoms with Gasteiger partial charge in [-0.15, -0.1) is 0 Å². The maximum Gasteiger partial charge on any atom is 0.0729 e. The molecule has 0 saturated carbocycles. The average molecular weight is 283 g/mol. The van der Waals surface area contributed by atoms with Crippen molar-refractivity contribution in [1.29, 1.82) is 0 Å². The molecule has 3 atom stereocenters. The molecule has 3 heteroatoms. The molecule has 0 aromatic heterocycles. The Hall–Kier alpha value is -0.120. The molecule has 2 heterocycles. The van der Waals surface area contributed by atoms with E-state index in [0.29, 0.717) is 6.04 Å². The summed E-state index contributed by atoms with van der Waals surface area (Å²) in [5.74, 6) is 1.53. The molecule has 0 aromatic rings. The highest BCUT2D eigenvalue weighted by molar-refractivity contribution is 4.93. The zero-order valence-electron chi connectivity index (χ0n) is 13.6. The van der Waals surface area contributed by atoms with Crippen LogP contribution in [0.25, 0.3) is 0 Å². The van der Waals surface area contributed by atoms with Crippen LogP contribution in [0.2, 0.25) is 0 Å². The van der Waals surface area contributed by atoms with Gasteiger partial charge < -0.3 is 14.8 Å². The Kier molecular flexibility index (Phi) is 6.31. The first-order chi connectivity index (χ1) is 9.71. The van der Waals surface area contributed by atoms with E-state index in [0.717, 1.165) is 51.0 Å². The van der Waals surface area contributed by atoms with E-state index in [4.69, 9.17) is 9.47 Å². The standard InChI is InChI=1S/C17H33NO2/c1-4-6-14(3)16(18-5-2)15-7-10-20-17(13-15)8-11-19-12-9-17/h14-16,18H,4-13H2,1-3H3. The van der Waals surface area contributed by atoms with E-state index in [1.54, 1.807) is 0 Å². The Balaban J connectivity index is 2.00. The lowest BCUT2D eigenvalue weighted by atomic mass is 9.74. The Labute approximate surface area is 124 Å². The summed E-state index contributed by atoms with van der Waals surface area (Å²) < 4.78 is 11.7. The van der Waals surface area contributed by atoms with Crippen molar-refractivity contribution in [2.45, 2.75) is 70.9 Å². The summed E-state index contributed by atoms with van der Waals surface area (Å²) in [6.07, 6.45) is 7.22. The highest BCUT2D eigenvalue weighted by Gasteiger charge is 2.41. The van der Waals surface area contributed by atoms with Crippen molar-refractivity contribution in [3.63, 3.8) is 0 Å². The molecule has 2 aliphatic rings. The molecule has 0 radical (unpaired) electrons. The van der Waals surface area contributed by atoms with Crippen molar-refractivity contribution < 1.29 is 9.47 Å². The van der Waals surface area contributed by atoms with Gasteiger partial charge in [-0.25, -0.2) is 0 Å². The maximum atomic E-state index is 6.20. The van der Waals surface area contributed by atoms with E-state index in [-0.39, 0.29) is 5.60 Å². The third kappa shape index (κ3) is 3.96. The molecular formula is C17H33NO2. The minimum Gasteiger partial charge on any atom is -0.381 e. The molecule has 1 N–H and O–H groups in total. The van der Waals surface area contributed by atoms with Crippen LogP contribution < -0.4 is 5.32 Å². The van der Waals surface area contributed by atoms with Crippen LogP contribution in [0.4, 0.5) is 0 Å². The van der Waals surface area contributed by atoms with Gasteiger partial charge in [-0.1, -0.05) is 27.2 Å². The second kappa shape index (κ2) is 7.77. The fourth-order valence-corrected chi connectivity index (χ4v) is 4.17. The lowest BCUT2D eigenvalue weighted by molar-refractivity contribution is -0.151. The molecule has 0 aliphatic carbocycles. The second-order valence-corrected chi connectivity index (χ2v) is 6.75. The Bertz CT molecular complexity index is 271. The van der Waals surface area contributed by atoms with Gasteiger partial charge in [-0.2, -0.15) is 0 Å². The van der Waals surface area contributed by atoms with Gasteiger partial charge in [0.15, 0.2) is 0 Å². The van der Waals surface area contributed by atoms with Crippen LogP contribution >= 0.6 is 0 Å². The Morgan fingerprint density at radius 2 is 1.95 bits per heavy atom. The van der Waals surface area contributed by atoms with E-state index in [1.807, 2.05) is 0 Å². The fourth-order valence-electron chi connectivity index (χ4n) is 4.17. The molecule has 3 nitrogen and oxygen atoms in total. The summed E-state index contributed by atoms with van der Waals surface area (Å²) in [5, 5.41) is 3.77. The van der Waals surface area contributed by atoms with E-state index in [2.05, 4.69) is 26.1 Å². The van der Waals surface area contributed by atoms with Crippen LogP contribution in [-0.4, -0.2) is 38.0 Å². The highest BCUT2D eigenvalue weighted by atomic mass is 16.5. The molecule has 2 aliphatic heterocycles. The monoisotopic (exact) mass is 283 g/mol. The Morgan fingerprint density at radius 1 is 1.20 bits per heavy atom. The topological polar surface area (TPSA) is 30.5 Å². The molecule has 2 fully saturated rings. The molecule has 118 valence electrons. The van der Waals surface area contributed by atoms with Crippen molar-refractivity contribution in [2.75, 3.05) is 26.4 Å². The lowest BCUT2D eigenvalue weighted by Crippen LogP contribution is -2.51. The summed E-state index contributed by atoms with van der Waals surface area (Å²) in [4.78, 5) is 0. The van der Waals surface area contributed by atoms with Crippen molar-refractivity contribution in [1.82, 2.24) is 5.32 Å². The number of rotatable bonds is 6. The number of hydrogen-bond donors (Lipinski definition) is 1. The molecule has 1 spiro atoms. The van der Waals surface area contributed by atoms with Crippen LogP contribution in [0.15, 0.2) is 0 Å². The minimum absolute atomic E-state index is 0.126. The zero-order chi connectivity index (χ0) is 14.4. The van der Waals surface area contributed by atoms with Gasteiger partial charge in [-0.3, -0.25) is 0 Å². The smallest absolute Gasteiger partial charge is 0.0729 e. The van der Waals surface area contributed by atoms with E-state index in [9.17, 15) is 0 Å². The molecule has 20 heavy (non-hydrogen) atoms. The average Bonchev–Trinajstić information content (AvgIpc) is 2.46. The third-order valence-corrected chi connectivity index (χ3v) is 5.24. The highest BCUT2D eigenvalue weighted by Crippen LogP contribution is 2.39. The Morgan fingerprint density at radius 3 is 2.60 bits per heavy atom. The second-order valence-electron chi connectivity index (χ2n) is 6.75. The lowest BCUT2D eigenvalue weighted by Gasteiger charge is -2.46. The van der Waals surface area contributed by atoms with Crippen molar-refractivity contribution in [3.8, 4) is 0 Å². The first kappa shape index (κ1) is 16.3. The molecule has 0 amide bonds. The van der Waals surface area contributed by atoms with Gasteiger partial charge in [0.2, 0.25) is 0 Å². The van der Waals surface area contributed by atoms with Crippen molar-refractivity contribution in [2.24, 2.45) is 11.8 Å². The van der Waals surface area contributed by atoms with Crippen molar-refractivity contribution >= 4 is 0 Å². The molecule has 3 unspecified atom stereocenters. The van der Waals surface area contributed by atoms with Crippen LogP contribution in [0.1, 0.15) is 59.3 Å². The van der Waals surface area contributed by atoms with E-state index < -0.39 is 0 Å². The minimum atomic E-state index is 0.126. The summed E-state index contributed by atoms with van der Waals surface area (Å²) >= 11 is 0. The van der Waals surface area contributed by atoms with Crippen LogP contribution in [0, 0.1) is 11.8 Å². The van der Waals surface area contributed by atoms with Crippen LogP contribution in [0.5, 0.6) is 0 Å². The van der Waals surface area contributed by atoms with Gasteiger partial charge >= 0.3 is 0 Å². The van der Waals surface area contributed by atoms with E-state index in [1.165, 1.54) is 25.7 Å². The number of ether oxygens (including phenoxy) is 2. The van der Waals surface area contributed by atoms with Crippen LogP contribution in [-0.2, 0) is 9.47 Å². The van der Waals surface area contributed by atoms with Gasteiger partial charge in [0.1, 0.15) is 0 Å². The fraction of sp³-hybridized carbons (Fsp3) is 1.00. The normalized spacial score (nSPS) is 29.2. The maximum absolute atomic E-state index is 6.20. The number of nitrogens with one attached hydrogen (secondary N) is 1. The molecule has 0 bridgehead atoms. The summed E-state index contributed by atoms with van der Waals surface area (Å²) in [5.41, 5.74) is 0.126. The molecular weight excluding hydrogens is 250 g/mol. The number of hydrogen-bond acceptors (Lipinski definition) is 3. The molecule has 0 aromatic carbocycles. The molecule has 2 rings (SSSR count). The SMILES string of the molecule is CCCC(C)C(NCC)C1CCOC2(CCOCC2)C1. The summed E-state index contributed by atoms with van der Waals surface area (Å²) in [7, 11) is 0.